The van der Waals surface area contributed by atoms with Gasteiger partial charge in [0, 0.05) is 24.4 Å². The summed E-state index contributed by atoms with van der Waals surface area (Å²) in [6, 6.07) is 13.2. The Hall–Kier alpha value is -3.92. The number of nitrogens with one attached hydrogen (secondary N) is 2. The molecule has 1 fully saturated rings. The number of benzene rings is 1. The minimum atomic E-state index is -3.76. The lowest BCUT2D eigenvalue weighted by atomic mass is 10.3. The van der Waals surface area contributed by atoms with E-state index in [0.29, 0.717) is 28.7 Å². The van der Waals surface area contributed by atoms with Crippen LogP contribution in [0.1, 0.15) is 12.8 Å². The fourth-order valence-electron chi connectivity index (χ4n) is 3.15. The van der Waals surface area contributed by atoms with Gasteiger partial charge in [0.25, 0.3) is 10.0 Å². The summed E-state index contributed by atoms with van der Waals surface area (Å²) < 4.78 is 35.2. The summed E-state index contributed by atoms with van der Waals surface area (Å²) in [6.07, 6.45) is 8.10. The standard InChI is InChI=1S/C22H19N5O4S/c28-22(15-6-7-15)25-20-14-27-13-18(8-9-21(27)24-20)31-17-4-1-3-16(11-17)26-32(29,30)19-5-2-10-23-12-19/h1-5,8-15,26H,6-7H2,(H,25,28). The molecule has 1 aliphatic rings. The Labute approximate surface area is 184 Å². The maximum Gasteiger partial charge on any atom is 0.263 e. The van der Waals surface area contributed by atoms with Crippen molar-refractivity contribution in [2.24, 2.45) is 5.92 Å². The van der Waals surface area contributed by atoms with E-state index < -0.39 is 10.0 Å². The zero-order chi connectivity index (χ0) is 22.1. The number of fused-ring (bicyclic) bond motifs is 1. The number of hydrogen-bond acceptors (Lipinski definition) is 6. The summed E-state index contributed by atoms with van der Waals surface area (Å²) >= 11 is 0. The van der Waals surface area contributed by atoms with Crippen LogP contribution in [0.25, 0.3) is 5.65 Å². The molecular weight excluding hydrogens is 430 g/mol. The third-order valence-corrected chi connectivity index (χ3v) is 6.26. The molecule has 4 aromatic rings. The Balaban J connectivity index is 1.32. The molecule has 0 spiro atoms. The molecule has 5 rings (SSSR count). The molecule has 1 amide bonds. The smallest absolute Gasteiger partial charge is 0.263 e. The first-order valence-corrected chi connectivity index (χ1v) is 11.4. The van der Waals surface area contributed by atoms with Crippen molar-refractivity contribution in [3.05, 3.63) is 73.3 Å². The van der Waals surface area contributed by atoms with Crippen molar-refractivity contribution in [3.8, 4) is 11.5 Å². The number of carbonyl (C=O) groups is 1. The predicted octanol–water partition coefficient (Wildman–Crippen LogP) is 3.67. The predicted molar refractivity (Wildman–Crippen MR) is 118 cm³/mol. The quantitative estimate of drug-likeness (QED) is 0.445. The van der Waals surface area contributed by atoms with Crippen molar-refractivity contribution in [2.75, 3.05) is 10.0 Å². The number of sulfonamides is 1. The lowest BCUT2D eigenvalue weighted by Crippen LogP contribution is -2.13. The molecule has 9 nitrogen and oxygen atoms in total. The number of pyridine rings is 2. The van der Waals surface area contributed by atoms with E-state index in [4.69, 9.17) is 4.74 Å². The van der Waals surface area contributed by atoms with Crippen LogP contribution < -0.4 is 14.8 Å². The fraction of sp³-hybridized carbons (Fsp3) is 0.136. The van der Waals surface area contributed by atoms with E-state index in [2.05, 4.69) is 20.0 Å². The number of rotatable bonds is 7. The van der Waals surface area contributed by atoms with Gasteiger partial charge >= 0.3 is 0 Å². The molecule has 1 saturated carbocycles. The summed E-state index contributed by atoms with van der Waals surface area (Å²) in [5.74, 6) is 1.57. The maximum absolute atomic E-state index is 12.5. The molecule has 162 valence electrons. The summed E-state index contributed by atoms with van der Waals surface area (Å²) in [4.78, 5) is 20.2. The van der Waals surface area contributed by atoms with Crippen LogP contribution in [0.2, 0.25) is 0 Å². The van der Waals surface area contributed by atoms with Gasteiger partial charge in [0.05, 0.1) is 18.1 Å². The van der Waals surface area contributed by atoms with Gasteiger partial charge < -0.3 is 14.5 Å². The second-order valence-electron chi connectivity index (χ2n) is 7.44. The summed E-state index contributed by atoms with van der Waals surface area (Å²) in [5, 5.41) is 2.82. The summed E-state index contributed by atoms with van der Waals surface area (Å²) in [7, 11) is -3.76. The molecule has 1 aromatic carbocycles. The number of anilines is 2. The van der Waals surface area contributed by atoms with Gasteiger partial charge in [0.15, 0.2) is 5.82 Å². The van der Waals surface area contributed by atoms with Gasteiger partial charge in [-0.3, -0.25) is 14.5 Å². The van der Waals surface area contributed by atoms with Crippen LogP contribution in [-0.2, 0) is 14.8 Å². The summed E-state index contributed by atoms with van der Waals surface area (Å²) in [6.45, 7) is 0. The largest absolute Gasteiger partial charge is 0.456 e. The first kappa shape index (κ1) is 20.0. The first-order valence-electron chi connectivity index (χ1n) is 9.97. The zero-order valence-electron chi connectivity index (χ0n) is 16.8. The van der Waals surface area contributed by atoms with Gasteiger partial charge in [0.2, 0.25) is 5.91 Å². The van der Waals surface area contributed by atoms with Gasteiger partial charge in [-0.15, -0.1) is 0 Å². The Kier molecular flexibility index (Phi) is 4.98. The van der Waals surface area contributed by atoms with Crippen LogP contribution in [0.4, 0.5) is 11.5 Å². The lowest BCUT2D eigenvalue weighted by Gasteiger charge is -2.10. The van der Waals surface area contributed by atoms with E-state index >= 15 is 0 Å². The fourth-order valence-corrected chi connectivity index (χ4v) is 4.16. The molecule has 0 bridgehead atoms. The molecule has 0 radical (unpaired) electrons. The molecule has 0 saturated heterocycles. The SMILES string of the molecule is O=C(Nc1cn2cc(Oc3cccc(NS(=O)(=O)c4cccnc4)c3)ccc2n1)C1CC1. The van der Waals surface area contributed by atoms with Crippen LogP contribution >= 0.6 is 0 Å². The number of hydrogen-bond donors (Lipinski definition) is 2. The van der Waals surface area contributed by atoms with Gasteiger partial charge in [-0.2, -0.15) is 0 Å². The molecule has 0 unspecified atom stereocenters. The highest BCUT2D eigenvalue weighted by Crippen LogP contribution is 2.30. The molecule has 3 heterocycles. The average molecular weight is 449 g/mol. The van der Waals surface area contributed by atoms with Gasteiger partial charge in [-0.05, 0) is 49.2 Å². The van der Waals surface area contributed by atoms with E-state index in [0.717, 1.165) is 12.8 Å². The highest BCUT2D eigenvalue weighted by atomic mass is 32.2. The second kappa shape index (κ2) is 7.97. The topological polar surface area (TPSA) is 115 Å². The Morgan fingerprint density at radius 3 is 2.72 bits per heavy atom. The van der Waals surface area contributed by atoms with Crippen LogP contribution in [0, 0.1) is 5.92 Å². The Morgan fingerprint density at radius 2 is 1.94 bits per heavy atom. The van der Waals surface area contributed by atoms with E-state index in [9.17, 15) is 13.2 Å². The van der Waals surface area contributed by atoms with Crippen molar-refractivity contribution >= 4 is 33.1 Å². The number of nitrogens with zero attached hydrogens (tertiary/aromatic N) is 3. The monoisotopic (exact) mass is 449 g/mol. The normalized spacial score (nSPS) is 13.6. The van der Waals surface area contributed by atoms with Crippen LogP contribution in [-0.4, -0.2) is 28.7 Å². The molecule has 3 aromatic heterocycles. The van der Waals surface area contributed by atoms with Crippen LogP contribution in [0.15, 0.2) is 78.2 Å². The number of ether oxygens (including phenoxy) is 1. The number of aromatic nitrogens is 3. The summed E-state index contributed by atoms with van der Waals surface area (Å²) in [5.41, 5.74) is 1.03. The van der Waals surface area contributed by atoms with Crippen molar-refractivity contribution in [1.82, 2.24) is 14.4 Å². The van der Waals surface area contributed by atoms with Crippen LogP contribution in [0.5, 0.6) is 11.5 Å². The van der Waals surface area contributed by atoms with Crippen molar-refractivity contribution < 1.29 is 17.9 Å². The highest BCUT2D eigenvalue weighted by molar-refractivity contribution is 7.92. The highest BCUT2D eigenvalue weighted by Gasteiger charge is 2.30. The molecule has 0 atom stereocenters. The second-order valence-corrected chi connectivity index (χ2v) is 9.13. The molecule has 10 heteroatoms. The van der Waals surface area contributed by atoms with Gasteiger partial charge in [-0.1, -0.05) is 6.07 Å². The third kappa shape index (κ3) is 4.40. The molecule has 1 aliphatic carbocycles. The van der Waals surface area contributed by atoms with Crippen LogP contribution in [0.3, 0.4) is 0 Å². The zero-order valence-corrected chi connectivity index (χ0v) is 17.6. The lowest BCUT2D eigenvalue weighted by molar-refractivity contribution is -0.117. The molecule has 32 heavy (non-hydrogen) atoms. The first-order chi connectivity index (χ1) is 15.5. The maximum atomic E-state index is 12.5. The number of amides is 1. The average Bonchev–Trinajstić information content (AvgIpc) is 3.55. The minimum Gasteiger partial charge on any atom is -0.456 e. The third-order valence-electron chi connectivity index (χ3n) is 4.89. The number of carbonyl (C=O) groups excluding carboxylic acids is 1. The van der Waals surface area contributed by atoms with E-state index in [1.807, 2.05) is 0 Å². The van der Waals surface area contributed by atoms with Gasteiger partial charge in [-0.25, -0.2) is 13.4 Å². The number of imidazole rings is 1. The van der Waals surface area contributed by atoms with E-state index in [-0.39, 0.29) is 16.7 Å². The molecule has 2 N–H and O–H groups in total. The van der Waals surface area contributed by atoms with Crippen molar-refractivity contribution in [2.45, 2.75) is 17.7 Å². The molecule has 0 aliphatic heterocycles. The molecular formula is C22H19N5O4S. The minimum absolute atomic E-state index is 0.00423. The van der Waals surface area contributed by atoms with Crippen molar-refractivity contribution in [1.29, 1.82) is 0 Å². The van der Waals surface area contributed by atoms with E-state index in [1.165, 1.54) is 18.5 Å². The Bertz CT molecular complexity index is 1400. The van der Waals surface area contributed by atoms with Gasteiger partial charge in [0.1, 0.15) is 22.0 Å². The van der Waals surface area contributed by atoms with Crippen molar-refractivity contribution in [3.63, 3.8) is 0 Å². The van der Waals surface area contributed by atoms with E-state index in [1.54, 1.807) is 59.3 Å². The Morgan fingerprint density at radius 1 is 1.06 bits per heavy atom.